The third-order valence-electron chi connectivity index (χ3n) is 4.09. The van der Waals surface area contributed by atoms with Gasteiger partial charge in [-0.3, -0.25) is 10.1 Å². The fraction of sp³-hybridized carbons (Fsp3) is 0.929. The highest BCUT2D eigenvalue weighted by atomic mass is 16.5. The largest absolute Gasteiger partial charge is 0.468 e. The van der Waals surface area contributed by atoms with Gasteiger partial charge in [0.2, 0.25) is 0 Å². The molecule has 0 heterocycles. The summed E-state index contributed by atoms with van der Waals surface area (Å²) in [5, 5.41) is 3.44. The van der Waals surface area contributed by atoms with Crippen molar-refractivity contribution in [3.8, 4) is 0 Å². The van der Waals surface area contributed by atoms with E-state index in [9.17, 15) is 4.79 Å². The van der Waals surface area contributed by atoms with Crippen LogP contribution in [0.3, 0.4) is 0 Å². The quantitative estimate of drug-likeness (QED) is 0.667. The molecular formula is C14H26N2O2. The molecule has 0 radical (unpaired) electrons. The van der Waals surface area contributed by atoms with Crippen molar-refractivity contribution in [1.29, 1.82) is 0 Å². The summed E-state index contributed by atoms with van der Waals surface area (Å²) in [4.78, 5) is 14.3. The summed E-state index contributed by atoms with van der Waals surface area (Å²) in [6, 6.07) is 1.32. The van der Waals surface area contributed by atoms with Crippen LogP contribution in [-0.4, -0.2) is 49.2 Å². The zero-order valence-corrected chi connectivity index (χ0v) is 11.9. The number of carbonyl (C=O) groups excluding carboxylic acids is 1. The molecule has 1 atom stereocenters. The predicted molar refractivity (Wildman–Crippen MR) is 71.5 cm³/mol. The Morgan fingerprint density at radius 3 is 2.56 bits per heavy atom. The normalized spacial score (nSPS) is 22.9. The molecule has 0 bridgehead atoms. The first kappa shape index (κ1) is 13.8. The van der Waals surface area contributed by atoms with Crippen LogP contribution in [0.1, 0.15) is 45.4 Å². The molecule has 0 amide bonds. The van der Waals surface area contributed by atoms with Crippen molar-refractivity contribution in [3.05, 3.63) is 0 Å². The maximum absolute atomic E-state index is 11.9. The van der Waals surface area contributed by atoms with E-state index in [4.69, 9.17) is 4.74 Å². The van der Waals surface area contributed by atoms with Gasteiger partial charge in [0, 0.05) is 12.1 Å². The van der Waals surface area contributed by atoms with Gasteiger partial charge in [-0.1, -0.05) is 0 Å². The molecule has 104 valence electrons. The minimum absolute atomic E-state index is 0.122. The first-order valence-corrected chi connectivity index (χ1v) is 7.11. The van der Waals surface area contributed by atoms with Crippen LogP contribution in [0.2, 0.25) is 0 Å². The van der Waals surface area contributed by atoms with Crippen molar-refractivity contribution >= 4 is 5.97 Å². The first-order chi connectivity index (χ1) is 8.55. The molecule has 2 fully saturated rings. The number of hydrogen-bond donors (Lipinski definition) is 1. The molecular weight excluding hydrogens is 228 g/mol. The van der Waals surface area contributed by atoms with Gasteiger partial charge in [-0.05, 0) is 59.0 Å². The zero-order valence-electron chi connectivity index (χ0n) is 11.9. The van der Waals surface area contributed by atoms with Crippen molar-refractivity contribution in [2.24, 2.45) is 0 Å². The highest BCUT2D eigenvalue weighted by Gasteiger charge is 2.39. The lowest BCUT2D eigenvalue weighted by Gasteiger charge is -2.29. The van der Waals surface area contributed by atoms with Crippen LogP contribution in [0.5, 0.6) is 0 Å². The number of methoxy groups -OCH3 is 1. The second-order valence-corrected chi connectivity index (χ2v) is 6.06. The van der Waals surface area contributed by atoms with Crippen molar-refractivity contribution in [3.63, 3.8) is 0 Å². The molecule has 0 saturated heterocycles. The Hall–Kier alpha value is -0.610. The first-order valence-electron chi connectivity index (χ1n) is 7.11. The maximum atomic E-state index is 11.9. The van der Waals surface area contributed by atoms with Crippen molar-refractivity contribution in [2.45, 2.75) is 63.1 Å². The van der Waals surface area contributed by atoms with E-state index in [2.05, 4.69) is 17.3 Å². The van der Waals surface area contributed by atoms with Crippen LogP contribution in [0, 0.1) is 0 Å². The van der Waals surface area contributed by atoms with Gasteiger partial charge >= 0.3 is 5.97 Å². The average Bonchev–Trinajstić information content (AvgIpc) is 3.19. The van der Waals surface area contributed by atoms with Crippen molar-refractivity contribution in [2.75, 3.05) is 20.7 Å². The number of esters is 1. The monoisotopic (exact) mass is 254 g/mol. The van der Waals surface area contributed by atoms with Crippen LogP contribution in [-0.2, 0) is 9.53 Å². The number of carbonyl (C=O) groups is 1. The summed E-state index contributed by atoms with van der Waals surface area (Å²) >= 11 is 0. The van der Waals surface area contributed by atoms with Crippen LogP contribution >= 0.6 is 0 Å². The summed E-state index contributed by atoms with van der Waals surface area (Å²) in [6.45, 7) is 3.05. The lowest BCUT2D eigenvalue weighted by Crippen LogP contribution is -2.51. The lowest BCUT2D eigenvalue weighted by molar-refractivity contribution is -0.148. The van der Waals surface area contributed by atoms with Gasteiger partial charge in [0.15, 0.2) is 0 Å². The van der Waals surface area contributed by atoms with Crippen molar-refractivity contribution in [1.82, 2.24) is 10.2 Å². The molecule has 2 aliphatic carbocycles. The second-order valence-electron chi connectivity index (χ2n) is 6.06. The number of rotatable bonds is 8. The minimum Gasteiger partial charge on any atom is -0.468 e. The molecule has 2 aliphatic rings. The maximum Gasteiger partial charge on any atom is 0.325 e. The summed E-state index contributed by atoms with van der Waals surface area (Å²) in [7, 11) is 3.66. The Bertz CT molecular complexity index is 300. The van der Waals surface area contributed by atoms with Gasteiger partial charge in [-0.2, -0.15) is 0 Å². The molecule has 1 unspecified atom stereocenters. The van der Waals surface area contributed by atoms with Gasteiger partial charge in [-0.15, -0.1) is 0 Å². The van der Waals surface area contributed by atoms with Crippen LogP contribution < -0.4 is 5.32 Å². The van der Waals surface area contributed by atoms with Gasteiger partial charge in [0.1, 0.15) is 5.54 Å². The molecule has 0 aromatic carbocycles. The van der Waals surface area contributed by atoms with E-state index < -0.39 is 5.54 Å². The van der Waals surface area contributed by atoms with Crippen LogP contribution in [0.25, 0.3) is 0 Å². The van der Waals surface area contributed by atoms with E-state index in [-0.39, 0.29) is 5.97 Å². The third kappa shape index (κ3) is 3.69. The molecule has 0 aromatic rings. The van der Waals surface area contributed by atoms with Crippen molar-refractivity contribution < 1.29 is 9.53 Å². The summed E-state index contributed by atoms with van der Waals surface area (Å²) in [6.07, 6.45) is 6.95. The molecule has 18 heavy (non-hydrogen) atoms. The van der Waals surface area contributed by atoms with Gasteiger partial charge in [0.25, 0.3) is 0 Å². The third-order valence-corrected chi connectivity index (χ3v) is 4.09. The van der Waals surface area contributed by atoms with E-state index in [0.717, 1.165) is 25.4 Å². The Kier molecular flexibility index (Phi) is 4.28. The highest BCUT2D eigenvalue weighted by Crippen LogP contribution is 2.28. The van der Waals surface area contributed by atoms with E-state index in [1.807, 2.05) is 6.92 Å². The zero-order chi connectivity index (χ0) is 13.2. The average molecular weight is 254 g/mol. The van der Waals surface area contributed by atoms with E-state index >= 15 is 0 Å². The number of nitrogens with zero attached hydrogens (tertiary/aromatic N) is 1. The summed E-state index contributed by atoms with van der Waals surface area (Å²) in [5.74, 6) is -0.122. The molecule has 2 rings (SSSR count). The number of nitrogens with one attached hydrogen (secondary N) is 1. The molecule has 4 heteroatoms. The molecule has 0 spiro atoms. The van der Waals surface area contributed by atoms with Gasteiger partial charge in [0.05, 0.1) is 7.11 Å². The van der Waals surface area contributed by atoms with E-state index in [1.165, 1.54) is 32.8 Å². The molecule has 0 aromatic heterocycles. The fourth-order valence-electron chi connectivity index (χ4n) is 2.52. The van der Waals surface area contributed by atoms with E-state index in [0.29, 0.717) is 6.04 Å². The second kappa shape index (κ2) is 5.57. The smallest absolute Gasteiger partial charge is 0.325 e. The molecule has 4 nitrogen and oxygen atoms in total. The fourth-order valence-corrected chi connectivity index (χ4v) is 2.52. The highest BCUT2D eigenvalue weighted by molar-refractivity contribution is 5.80. The van der Waals surface area contributed by atoms with Gasteiger partial charge < -0.3 is 9.64 Å². The van der Waals surface area contributed by atoms with Gasteiger partial charge in [-0.25, -0.2) is 0 Å². The standard InChI is InChI=1S/C14H26N2O2/c1-14(13(17)18-3,15-11-5-6-11)9-4-10-16(2)12-7-8-12/h11-12,15H,4-10H2,1-3H3. The summed E-state index contributed by atoms with van der Waals surface area (Å²) < 4.78 is 4.95. The molecule has 2 saturated carbocycles. The van der Waals surface area contributed by atoms with Crippen LogP contribution in [0.15, 0.2) is 0 Å². The minimum atomic E-state index is -0.500. The van der Waals surface area contributed by atoms with E-state index in [1.54, 1.807) is 0 Å². The SMILES string of the molecule is COC(=O)C(C)(CCCN(C)C1CC1)NC1CC1. The Labute approximate surface area is 110 Å². The molecule has 1 N–H and O–H groups in total. The summed E-state index contributed by atoms with van der Waals surface area (Å²) in [5.41, 5.74) is -0.500. The molecule has 0 aliphatic heterocycles. The topological polar surface area (TPSA) is 41.6 Å². The Balaban J connectivity index is 1.77. The number of hydrogen-bond acceptors (Lipinski definition) is 4. The Morgan fingerprint density at radius 1 is 1.39 bits per heavy atom. The van der Waals surface area contributed by atoms with Crippen LogP contribution in [0.4, 0.5) is 0 Å². The predicted octanol–water partition coefficient (Wildman–Crippen LogP) is 1.54. The Morgan fingerprint density at radius 2 is 2.06 bits per heavy atom. The number of ether oxygens (including phenoxy) is 1. The lowest BCUT2D eigenvalue weighted by atomic mass is 9.95.